The van der Waals surface area contributed by atoms with E-state index in [0.29, 0.717) is 5.56 Å². The third-order valence-corrected chi connectivity index (χ3v) is 9.78. The zero-order valence-electron chi connectivity index (χ0n) is 25.3. The van der Waals surface area contributed by atoms with E-state index in [-0.39, 0.29) is 0 Å². The van der Waals surface area contributed by atoms with E-state index >= 15 is 0 Å². The molecule has 10 aromatic rings. The van der Waals surface area contributed by atoms with E-state index in [1.54, 1.807) is 0 Å². The Balaban J connectivity index is 1.34. The highest BCUT2D eigenvalue weighted by Crippen LogP contribution is 2.45. The van der Waals surface area contributed by atoms with Crippen LogP contribution in [0.15, 0.2) is 152 Å². The number of rotatable bonds is 3. The molecule has 0 fully saturated rings. The molecule has 0 amide bonds. The molecule has 0 spiro atoms. The van der Waals surface area contributed by atoms with E-state index in [4.69, 9.17) is 0 Å². The van der Waals surface area contributed by atoms with Crippen LogP contribution in [-0.2, 0) is 0 Å². The lowest BCUT2D eigenvalue weighted by Gasteiger charge is -2.16. The first-order chi connectivity index (χ1) is 23.3. The molecule has 0 radical (unpaired) electrons. The fourth-order valence-corrected chi connectivity index (χ4v) is 7.79. The minimum atomic E-state index is 0.666. The van der Waals surface area contributed by atoms with Gasteiger partial charge in [-0.3, -0.25) is 4.98 Å². The van der Waals surface area contributed by atoms with Crippen LogP contribution >= 0.6 is 0 Å². The maximum Gasteiger partial charge on any atom is 0.0992 e. The minimum Gasteiger partial charge on any atom is -0.309 e. The summed E-state index contributed by atoms with van der Waals surface area (Å²) in [7, 11) is 0. The molecule has 0 N–H and O–H groups in total. The van der Waals surface area contributed by atoms with Crippen LogP contribution in [0, 0.1) is 11.3 Å². The average Bonchev–Trinajstić information content (AvgIpc) is 3.48. The molecule has 47 heavy (non-hydrogen) atoms. The fourth-order valence-electron chi connectivity index (χ4n) is 7.79. The monoisotopic (exact) mass is 595 g/mol. The second kappa shape index (κ2) is 9.75. The molecule has 0 saturated heterocycles. The van der Waals surface area contributed by atoms with Crippen LogP contribution in [0.2, 0.25) is 0 Å². The van der Waals surface area contributed by atoms with Crippen LogP contribution in [-0.4, -0.2) is 9.55 Å². The number of nitriles is 1. The predicted molar refractivity (Wildman–Crippen MR) is 195 cm³/mol. The van der Waals surface area contributed by atoms with Gasteiger partial charge in [-0.2, -0.15) is 5.26 Å². The predicted octanol–water partition coefficient (Wildman–Crippen LogP) is 11.4. The molecule has 0 unspecified atom stereocenters. The summed E-state index contributed by atoms with van der Waals surface area (Å²) in [5.41, 5.74) is 8.61. The number of hydrogen-bond donors (Lipinski definition) is 0. The lowest BCUT2D eigenvalue weighted by molar-refractivity contribution is 1.18. The summed E-state index contributed by atoms with van der Waals surface area (Å²) >= 11 is 0. The topological polar surface area (TPSA) is 41.6 Å². The molecule has 10 rings (SSSR count). The molecule has 0 aliphatic carbocycles. The fraction of sp³-hybridized carbons (Fsp3) is 0. The number of pyridine rings is 1. The smallest absolute Gasteiger partial charge is 0.0992 e. The van der Waals surface area contributed by atoms with Gasteiger partial charge < -0.3 is 4.57 Å². The highest BCUT2D eigenvalue weighted by Gasteiger charge is 2.20. The standard InChI is InChI=1S/C44H25N3/c45-25-27-19-28-16-17-29-21-31(22-42-44(29)43(28)41(20-27)47(42)32-10-2-1-3-11-32)38-24-40-35-14-6-4-12-33(35)37(30-9-8-18-46-26-30)23-39(40)36-15-7-5-13-34(36)38/h1-24,26H. The van der Waals surface area contributed by atoms with Gasteiger partial charge in [0.2, 0.25) is 0 Å². The van der Waals surface area contributed by atoms with Crippen molar-refractivity contribution in [3.8, 4) is 34.0 Å². The van der Waals surface area contributed by atoms with Crippen molar-refractivity contribution in [3.05, 3.63) is 157 Å². The Morgan fingerprint density at radius 2 is 1.09 bits per heavy atom. The summed E-state index contributed by atoms with van der Waals surface area (Å²) in [6.45, 7) is 0. The normalized spacial score (nSPS) is 11.8. The maximum absolute atomic E-state index is 9.92. The van der Waals surface area contributed by atoms with Gasteiger partial charge in [0.1, 0.15) is 0 Å². The van der Waals surface area contributed by atoms with E-state index < -0.39 is 0 Å². The van der Waals surface area contributed by atoms with Gasteiger partial charge in [-0.05, 0) is 114 Å². The summed E-state index contributed by atoms with van der Waals surface area (Å²) in [6.07, 6.45) is 3.78. The Bertz CT molecular complexity index is 2890. The van der Waals surface area contributed by atoms with Gasteiger partial charge in [0.05, 0.1) is 22.7 Å². The average molecular weight is 596 g/mol. The summed E-state index contributed by atoms with van der Waals surface area (Å²) in [5, 5.41) is 22.0. The Kier molecular flexibility index (Phi) is 5.35. The quantitative estimate of drug-likeness (QED) is 0.191. The van der Waals surface area contributed by atoms with Crippen molar-refractivity contribution in [2.24, 2.45) is 0 Å². The Hall–Kier alpha value is -6.50. The molecular formula is C44H25N3. The molecule has 8 aromatic carbocycles. The van der Waals surface area contributed by atoms with Crippen LogP contribution in [0.4, 0.5) is 0 Å². The van der Waals surface area contributed by atoms with Crippen LogP contribution < -0.4 is 0 Å². The van der Waals surface area contributed by atoms with E-state index in [2.05, 4.69) is 131 Å². The Morgan fingerprint density at radius 3 is 1.72 bits per heavy atom. The van der Waals surface area contributed by atoms with Gasteiger partial charge in [0.15, 0.2) is 0 Å². The van der Waals surface area contributed by atoms with E-state index in [1.807, 2.05) is 36.7 Å². The van der Waals surface area contributed by atoms with Crippen molar-refractivity contribution >= 4 is 64.9 Å². The molecule has 0 aliphatic rings. The summed E-state index contributed by atoms with van der Waals surface area (Å²) in [4.78, 5) is 4.44. The first-order valence-corrected chi connectivity index (χ1v) is 15.8. The van der Waals surface area contributed by atoms with Gasteiger partial charge in [-0.15, -0.1) is 0 Å². The van der Waals surface area contributed by atoms with Crippen LogP contribution in [0.3, 0.4) is 0 Å². The lowest BCUT2D eigenvalue weighted by atomic mass is 9.87. The summed E-state index contributed by atoms with van der Waals surface area (Å²) < 4.78 is 2.33. The van der Waals surface area contributed by atoms with E-state index in [0.717, 1.165) is 27.7 Å². The van der Waals surface area contributed by atoms with E-state index in [1.165, 1.54) is 65.2 Å². The summed E-state index contributed by atoms with van der Waals surface area (Å²) in [6, 6.07) is 52.4. The third-order valence-electron chi connectivity index (χ3n) is 9.78. The zero-order valence-corrected chi connectivity index (χ0v) is 25.3. The lowest BCUT2D eigenvalue weighted by Crippen LogP contribution is -1.94. The van der Waals surface area contributed by atoms with Crippen molar-refractivity contribution in [3.63, 3.8) is 0 Å². The third kappa shape index (κ3) is 3.70. The van der Waals surface area contributed by atoms with Gasteiger partial charge >= 0.3 is 0 Å². The molecule has 3 heteroatoms. The molecule has 2 aromatic heterocycles. The highest BCUT2D eigenvalue weighted by atomic mass is 15.0. The highest BCUT2D eigenvalue weighted by molar-refractivity contribution is 6.27. The van der Waals surface area contributed by atoms with Crippen molar-refractivity contribution < 1.29 is 0 Å². The number of hydrogen-bond acceptors (Lipinski definition) is 2. The first kappa shape index (κ1) is 25.8. The number of benzene rings is 8. The van der Waals surface area contributed by atoms with Gasteiger partial charge in [-0.25, -0.2) is 0 Å². The van der Waals surface area contributed by atoms with Crippen molar-refractivity contribution in [2.45, 2.75) is 0 Å². The maximum atomic E-state index is 9.92. The Labute approximate surface area is 270 Å². The van der Waals surface area contributed by atoms with Crippen LogP contribution in [0.5, 0.6) is 0 Å². The Morgan fingerprint density at radius 1 is 0.489 bits per heavy atom. The first-order valence-electron chi connectivity index (χ1n) is 15.8. The molecule has 216 valence electrons. The zero-order chi connectivity index (χ0) is 31.1. The van der Waals surface area contributed by atoms with Crippen molar-refractivity contribution in [1.29, 1.82) is 5.26 Å². The van der Waals surface area contributed by atoms with Crippen LogP contribution in [0.25, 0.3) is 92.8 Å². The second-order valence-electron chi connectivity index (χ2n) is 12.3. The molecule has 2 heterocycles. The van der Waals surface area contributed by atoms with Crippen LogP contribution in [0.1, 0.15) is 5.56 Å². The SMILES string of the molecule is N#Cc1cc2ccc3cc(-c4cc5c6ccccc6c(-c6cccnc6)cc5c5ccccc45)cc4c3c2c(c1)n4-c1ccccc1. The van der Waals surface area contributed by atoms with Gasteiger partial charge in [0.25, 0.3) is 0 Å². The summed E-state index contributed by atoms with van der Waals surface area (Å²) in [5.74, 6) is 0. The number of aromatic nitrogens is 2. The minimum absolute atomic E-state index is 0.666. The number of fused-ring (bicyclic) bond motifs is 5. The largest absolute Gasteiger partial charge is 0.309 e. The second-order valence-corrected chi connectivity index (χ2v) is 12.3. The molecule has 0 atom stereocenters. The molecule has 0 aliphatic heterocycles. The van der Waals surface area contributed by atoms with Crippen molar-refractivity contribution in [2.75, 3.05) is 0 Å². The number of para-hydroxylation sites is 1. The molecular weight excluding hydrogens is 571 g/mol. The molecule has 0 bridgehead atoms. The molecule has 0 saturated carbocycles. The van der Waals surface area contributed by atoms with Crippen molar-refractivity contribution in [1.82, 2.24) is 9.55 Å². The van der Waals surface area contributed by atoms with Gasteiger partial charge in [-0.1, -0.05) is 84.9 Å². The molecule has 3 nitrogen and oxygen atoms in total. The van der Waals surface area contributed by atoms with Gasteiger partial charge in [0, 0.05) is 34.4 Å². The number of nitrogens with zero attached hydrogens (tertiary/aromatic N) is 3. The van der Waals surface area contributed by atoms with E-state index in [9.17, 15) is 5.26 Å².